The maximum absolute atomic E-state index is 12.4. The van der Waals surface area contributed by atoms with Crippen molar-refractivity contribution in [1.29, 1.82) is 0 Å². The summed E-state index contributed by atoms with van der Waals surface area (Å²) >= 11 is 0. The third-order valence-electron chi connectivity index (χ3n) is 5.96. The van der Waals surface area contributed by atoms with E-state index in [2.05, 4.69) is 28.4 Å². The van der Waals surface area contributed by atoms with Crippen LogP contribution in [0.15, 0.2) is 35.2 Å². The van der Waals surface area contributed by atoms with Crippen LogP contribution >= 0.6 is 0 Å². The van der Waals surface area contributed by atoms with Gasteiger partial charge < -0.3 is 4.90 Å². The summed E-state index contributed by atoms with van der Waals surface area (Å²) in [7, 11) is -3.40. The molecule has 0 saturated carbocycles. The minimum atomic E-state index is -3.40. The highest BCUT2D eigenvalue weighted by molar-refractivity contribution is 7.89. The van der Waals surface area contributed by atoms with Gasteiger partial charge in [0.05, 0.1) is 4.90 Å². The smallest absolute Gasteiger partial charge is 0.240 e. The van der Waals surface area contributed by atoms with Crippen molar-refractivity contribution in [1.82, 2.24) is 14.5 Å². The van der Waals surface area contributed by atoms with Crippen molar-refractivity contribution in [3.05, 3.63) is 30.3 Å². The van der Waals surface area contributed by atoms with E-state index in [0.717, 1.165) is 44.4 Å². The van der Waals surface area contributed by atoms with Crippen LogP contribution in [0.5, 0.6) is 0 Å². The van der Waals surface area contributed by atoms with Gasteiger partial charge in [0.15, 0.2) is 0 Å². The lowest BCUT2D eigenvalue weighted by Gasteiger charge is -2.50. The molecule has 1 aromatic rings. The molecule has 4 rings (SSSR count). The first-order valence-electron chi connectivity index (χ1n) is 9.54. The van der Waals surface area contributed by atoms with E-state index in [1.54, 1.807) is 24.3 Å². The fourth-order valence-electron chi connectivity index (χ4n) is 4.37. The van der Waals surface area contributed by atoms with Gasteiger partial charge in [-0.25, -0.2) is 13.1 Å². The maximum Gasteiger partial charge on any atom is 0.240 e. The third kappa shape index (κ3) is 4.42. The van der Waals surface area contributed by atoms with Crippen LogP contribution in [0.2, 0.25) is 0 Å². The van der Waals surface area contributed by atoms with Gasteiger partial charge in [-0.1, -0.05) is 32.0 Å². The van der Waals surface area contributed by atoms with E-state index in [1.807, 2.05) is 6.07 Å². The molecule has 25 heavy (non-hydrogen) atoms. The molecule has 3 aliphatic rings. The average Bonchev–Trinajstić information content (AvgIpc) is 2.66. The summed E-state index contributed by atoms with van der Waals surface area (Å²) in [4.78, 5) is 5.37. The average molecular weight is 366 g/mol. The summed E-state index contributed by atoms with van der Waals surface area (Å²) in [6.07, 6.45) is 2.37. The number of fused-ring (bicyclic) bond motifs is 3. The number of benzene rings is 1. The molecule has 6 heteroatoms. The van der Waals surface area contributed by atoms with Crippen LogP contribution in [0.25, 0.3) is 0 Å². The summed E-state index contributed by atoms with van der Waals surface area (Å²) in [5.74, 6) is 1.47. The number of piperidine rings is 3. The summed E-state index contributed by atoms with van der Waals surface area (Å²) in [5, 5.41) is 0. The SMILES string of the molecule is CCN(CC)C[C@H]1CN2CC[C@H]1C[C@@H]2CNS(=O)(=O)c1ccccc1. The molecule has 0 radical (unpaired) electrons. The fourth-order valence-corrected chi connectivity index (χ4v) is 5.46. The highest BCUT2D eigenvalue weighted by Crippen LogP contribution is 2.36. The molecule has 140 valence electrons. The minimum absolute atomic E-state index is 0.338. The van der Waals surface area contributed by atoms with Gasteiger partial charge in [0, 0.05) is 25.7 Å². The Morgan fingerprint density at radius 2 is 1.92 bits per heavy atom. The van der Waals surface area contributed by atoms with E-state index in [-0.39, 0.29) is 0 Å². The van der Waals surface area contributed by atoms with Gasteiger partial charge in [-0.3, -0.25) is 4.90 Å². The summed E-state index contributed by atoms with van der Waals surface area (Å²) < 4.78 is 27.7. The first-order valence-corrected chi connectivity index (χ1v) is 11.0. The molecule has 5 nitrogen and oxygen atoms in total. The van der Waals surface area contributed by atoms with Crippen LogP contribution in [-0.4, -0.2) is 63.5 Å². The maximum atomic E-state index is 12.4. The monoisotopic (exact) mass is 365 g/mol. The summed E-state index contributed by atoms with van der Waals surface area (Å²) in [6.45, 7) is 10.6. The molecule has 1 aromatic carbocycles. The summed E-state index contributed by atoms with van der Waals surface area (Å²) in [6, 6.07) is 8.99. The van der Waals surface area contributed by atoms with Gasteiger partial charge in [0.2, 0.25) is 10.0 Å². The van der Waals surface area contributed by atoms with Gasteiger partial charge in [-0.05, 0) is 56.4 Å². The van der Waals surface area contributed by atoms with Crippen molar-refractivity contribution in [2.24, 2.45) is 11.8 Å². The van der Waals surface area contributed by atoms with Crippen LogP contribution in [0.3, 0.4) is 0 Å². The van der Waals surface area contributed by atoms with Gasteiger partial charge in [0.25, 0.3) is 0 Å². The van der Waals surface area contributed by atoms with Crippen molar-refractivity contribution < 1.29 is 8.42 Å². The molecule has 0 aromatic heterocycles. The van der Waals surface area contributed by atoms with E-state index >= 15 is 0 Å². The second-order valence-electron chi connectivity index (χ2n) is 7.34. The highest BCUT2D eigenvalue weighted by atomic mass is 32.2. The molecule has 2 bridgehead atoms. The zero-order valence-electron chi connectivity index (χ0n) is 15.4. The number of rotatable bonds is 8. The van der Waals surface area contributed by atoms with Crippen LogP contribution < -0.4 is 4.72 Å². The van der Waals surface area contributed by atoms with E-state index in [0.29, 0.717) is 17.5 Å². The van der Waals surface area contributed by atoms with Crippen LogP contribution in [0.1, 0.15) is 26.7 Å². The Morgan fingerprint density at radius 1 is 1.20 bits per heavy atom. The number of nitrogens with one attached hydrogen (secondary N) is 1. The Morgan fingerprint density at radius 3 is 2.52 bits per heavy atom. The quantitative estimate of drug-likeness (QED) is 0.766. The number of hydrogen-bond donors (Lipinski definition) is 1. The van der Waals surface area contributed by atoms with Crippen molar-refractivity contribution in [3.8, 4) is 0 Å². The molecule has 1 N–H and O–H groups in total. The Kier molecular flexibility index (Phi) is 6.15. The lowest BCUT2D eigenvalue weighted by atomic mass is 9.75. The van der Waals surface area contributed by atoms with E-state index < -0.39 is 10.0 Å². The fraction of sp³-hybridized carbons (Fsp3) is 0.684. The number of sulfonamides is 1. The van der Waals surface area contributed by atoms with Crippen LogP contribution in [0.4, 0.5) is 0 Å². The zero-order chi connectivity index (χ0) is 17.9. The molecular weight excluding hydrogens is 334 g/mol. The normalized spacial score (nSPS) is 29.2. The largest absolute Gasteiger partial charge is 0.304 e. The van der Waals surface area contributed by atoms with Gasteiger partial charge in [-0.2, -0.15) is 0 Å². The highest BCUT2D eigenvalue weighted by Gasteiger charge is 2.40. The molecule has 3 fully saturated rings. The topological polar surface area (TPSA) is 52.6 Å². The van der Waals surface area contributed by atoms with Crippen LogP contribution in [-0.2, 0) is 10.0 Å². The van der Waals surface area contributed by atoms with Crippen molar-refractivity contribution in [2.45, 2.75) is 37.6 Å². The van der Waals surface area contributed by atoms with Gasteiger partial charge >= 0.3 is 0 Å². The molecule has 4 atom stereocenters. The van der Waals surface area contributed by atoms with Crippen LogP contribution in [0, 0.1) is 11.8 Å². The molecule has 3 aliphatic heterocycles. The number of nitrogens with zero attached hydrogens (tertiary/aromatic N) is 2. The Balaban J connectivity index is 1.56. The molecule has 3 saturated heterocycles. The Hall–Kier alpha value is -0.950. The van der Waals surface area contributed by atoms with Gasteiger partial charge in [0.1, 0.15) is 0 Å². The Labute approximate surface area is 152 Å². The standard InChI is InChI=1S/C19H31N3O2S/c1-3-21(4-2)14-17-15-22-11-10-16(17)12-18(22)13-20-25(23,24)19-8-6-5-7-9-19/h5-9,16-18,20H,3-4,10-15H2,1-2H3/t16-,17-,18+/m0/s1. The van der Waals surface area contributed by atoms with E-state index in [4.69, 9.17) is 0 Å². The Bertz CT molecular complexity index is 646. The molecule has 1 unspecified atom stereocenters. The van der Waals surface area contributed by atoms with E-state index in [9.17, 15) is 8.42 Å². The van der Waals surface area contributed by atoms with Crippen molar-refractivity contribution in [2.75, 3.05) is 39.3 Å². The molecule has 0 spiro atoms. The first-order chi connectivity index (χ1) is 12.0. The first kappa shape index (κ1) is 18.8. The summed E-state index contributed by atoms with van der Waals surface area (Å²) in [5.41, 5.74) is 0. The minimum Gasteiger partial charge on any atom is -0.304 e. The second kappa shape index (κ2) is 8.16. The molecule has 3 heterocycles. The molecule has 0 amide bonds. The van der Waals surface area contributed by atoms with Crippen molar-refractivity contribution in [3.63, 3.8) is 0 Å². The number of hydrogen-bond acceptors (Lipinski definition) is 4. The third-order valence-corrected chi connectivity index (χ3v) is 7.40. The lowest BCUT2D eigenvalue weighted by molar-refractivity contribution is -0.00911. The lowest BCUT2D eigenvalue weighted by Crippen LogP contribution is -2.58. The molecular formula is C19H31N3O2S. The predicted octanol–water partition coefficient (Wildman–Crippen LogP) is 2.02. The van der Waals surface area contributed by atoms with Crippen molar-refractivity contribution >= 4 is 10.0 Å². The zero-order valence-corrected chi connectivity index (χ0v) is 16.2. The molecule has 0 aliphatic carbocycles. The van der Waals surface area contributed by atoms with Gasteiger partial charge in [-0.15, -0.1) is 0 Å². The second-order valence-corrected chi connectivity index (χ2v) is 9.11. The van der Waals surface area contributed by atoms with E-state index in [1.165, 1.54) is 13.0 Å². The predicted molar refractivity (Wildman–Crippen MR) is 101 cm³/mol.